The van der Waals surface area contributed by atoms with Gasteiger partial charge in [-0.3, -0.25) is 23.9 Å². The zero-order valence-corrected chi connectivity index (χ0v) is 17.5. The van der Waals surface area contributed by atoms with Gasteiger partial charge in [-0.25, -0.2) is 4.98 Å². The Labute approximate surface area is 176 Å². The maximum atomic E-state index is 12.9. The van der Waals surface area contributed by atoms with Crippen molar-refractivity contribution in [1.82, 2.24) is 24.3 Å². The average Bonchev–Trinajstić information content (AvgIpc) is 3.18. The Hall–Kier alpha value is -2.74. The number of hydrogen-bond acceptors (Lipinski definition) is 5. The highest BCUT2D eigenvalue weighted by Gasteiger charge is 2.24. The van der Waals surface area contributed by atoms with Crippen molar-refractivity contribution in [3.63, 3.8) is 0 Å². The normalized spacial score (nSPS) is 18.0. The quantitative estimate of drug-likeness (QED) is 0.746. The maximum Gasteiger partial charge on any atom is 0.261 e. The molecule has 0 N–H and O–H groups in total. The molecule has 2 aliphatic heterocycles. The van der Waals surface area contributed by atoms with Crippen molar-refractivity contribution in [2.24, 2.45) is 0 Å². The molecule has 30 heavy (non-hydrogen) atoms. The molecule has 2 amide bonds. The third kappa shape index (κ3) is 4.38. The summed E-state index contributed by atoms with van der Waals surface area (Å²) in [5.41, 5.74) is 1.43. The first-order valence-electron chi connectivity index (χ1n) is 10.8. The number of para-hydroxylation sites is 1. The molecule has 160 valence electrons. The minimum Gasteiger partial charge on any atom is -0.342 e. The highest BCUT2D eigenvalue weighted by molar-refractivity contribution is 5.81. The molecule has 2 aliphatic rings. The van der Waals surface area contributed by atoms with Gasteiger partial charge in [0, 0.05) is 39.3 Å². The number of nitrogens with zero attached hydrogens (tertiary/aromatic N) is 5. The van der Waals surface area contributed by atoms with Gasteiger partial charge >= 0.3 is 0 Å². The highest BCUT2D eigenvalue weighted by atomic mass is 16.2. The molecule has 0 bridgehead atoms. The molecule has 0 aliphatic carbocycles. The number of likely N-dealkylation sites (tertiary alicyclic amines) is 1. The maximum absolute atomic E-state index is 12.9. The second kappa shape index (κ2) is 8.95. The molecular formula is C22H29N5O3. The second-order valence-corrected chi connectivity index (χ2v) is 8.25. The molecular weight excluding hydrogens is 382 g/mol. The summed E-state index contributed by atoms with van der Waals surface area (Å²) in [5, 5.41) is 0.535. The van der Waals surface area contributed by atoms with Gasteiger partial charge in [-0.1, -0.05) is 12.1 Å². The predicted octanol–water partition coefficient (Wildman–Crippen LogP) is 0.862. The first-order chi connectivity index (χ1) is 14.5. The zero-order valence-electron chi connectivity index (χ0n) is 17.5. The fourth-order valence-electron chi connectivity index (χ4n) is 4.33. The monoisotopic (exact) mass is 411 g/mol. The minimum atomic E-state index is -0.190. The Morgan fingerprint density at radius 1 is 0.900 bits per heavy atom. The van der Waals surface area contributed by atoms with Crippen molar-refractivity contribution in [1.29, 1.82) is 0 Å². The third-order valence-electron chi connectivity index (χ3n) is 6.12. The standard InChI is InChI=1S/C22H29N5O3/c1-17-6-4-7-18-21(17)23-16-27(22(18)30)15-20(29)26-11-5-8-24(12-13-26)14-19(28)25-9-2-3-10-25/h4,6-7,16H,2-3,5,8-15H2,1H3. The van der Waals surface area contributed by atoms with E-state index < -0.39 is 0 Å². The molecule has 0 radical (unpaired) electrons. The Balaban J connectivity index is 1.37. The summed E-state index contributed by atoms with van der Waals surface area (Å²) in [6.45, 7) is 6.76. The number of benzene rings is 1. The molecule has 1 aromatic heterocycles. The number of rotatable bonds is 4. The van der Waals surface area contributed by atoms with Crippen molar-refractivity contribution in [3.05, 3.63) is 40.4 Å². The van der Waals surface area contributed by atoms with Gasteiger partial charge in [0.05, 0.1) is 23.8 Å². The lowest BCUT2D eigenvalue weighted by molar-refractivity contribution is -0.131. The van der Waals surface area contributed by atoms with Crippen LogP contribution in [0.2, 0.25) is 0 Å². The van der Waals surface area contributed by atoms with E-state index in [9.17, 15) is 14.4 Å². The Kier molecular flexibility index (Phi) is 6.13. The second-order valence-electron chi connectivity index (χ2n) is 8.25. The lowest BCUT2D eigenvalue weighted by atomic mass is 10.1. The van der Waals surface area contributed by atoms with Gasteiger partial charge in [-0.2, -0.15) is 0 Å². The Morgan fingerprint density at radius 3 is 2.40 bits per heavy atom. The van der Waals surface area contributed by atoms with Gasteiger partial charge in [0.1, 0.15) is 6.54 Å². The molecule has 2 fully saturated rings. The van der Waals surface area contributed by atoms with Crippen LogP contribution in [0.15, 0.2) is 29.3 Å². The van der Waals surface area contributed by atoms with Crippen LogP contribution in [-0.4, -0.2) is 81.9 Å². The van der Waals surface area contributed by atoms with Crippen LogP contribution in [0.4, 0.5) is 0 Å². The lowest BCUT2D eigenvalue weighted by Crippen LogP contribution is -2.42. The molecule has 0 unspecified atom stereocenters. The van der Waals surface area contributed by atoms with Gasteiger partial charge in [0.2, 0.25) is 11.8 Å². The lowest BCUT2D eigenvalue weighted by Gasteiger charge is -2.24. The largest absolute Gasteiger partial charge is 0.342 e. The minimum absolute atomic E-state index is 0.0115. The summed E-state index contributed by atoms with van der Waals surface area (Å²) in [6.07, 6.45) is 4.48. The van der Waals surface area contributed by atoms with Crippen molar-refractivity contribution in [2.45, 2.75) is 32.7 Å². The van der Waals surface area contributed by atoms with Crippen LogP contribution in [-0.2, 0) is 16.1 Å². The highest BCUT2D eigenvalue weighted by Crippen LogP contribution is 2.12. The summed E-state index contributed by atoms with van der Waals surface area (Å²) in [6, 6.07) is 5.50. The SMILES string of the molecule is Cc1cccc2c(=O)n(CC(=O)N3CCCN(CC(=O)N4CCCC4)CC3)cnc12. The van der Waals surface area contributed by atoms with E-state index >= 15 is 0 Å². The smallest absolute Gasteiger partial charge is 0.261 e. The number of carbonyl (C=O) groups is 2. The molecule has 1 aromatic carbocycles. The molecule has 0 spiro atoms. The molecule has 0 saturated carbocycles. The number of carbonyl (C=O) groups excluding carboxylic acids is 2. The molecule has 3 heterocycles. The summed E-state index contributed by atoms with van der Waals surface area (Å²) >= 11 is 0. The first kappa shape index (κ1) is 20.5. The van der Waals surface area contributed by atoms with E-state index in [1.807, 2.05) is 24.0 Å². The van der Waals surface area contributed by atoms with Crippen LogP contribution >= 0.6 is 0 Å². The fourth-order valence-corrected chi connectivity index (χ4v) is 4.33. The summed E-state index contributed by atoms with van der Waals surface area (Å²) in [5.74, 6) is 0.106. The molecule has 8 heteroatoms. The van der Waals surface area contributed by atoms with Crippen LogP contribution in [0.1, 0.15) is 24.8 Å². The summed E-state index contributed by atoms with van der Waals surface area (Å²) < 4.78 is 1.39. The number of aromatic nitrogens is 2. The van der Waals surface area contributed by atoms with Gasteiger partial charge in [-0.15, -0.1) is 0 Å². The van der Waals surface area contributed by atoms with Crippen LogP contribution < -0.4 is 5.56 Å². The van der Waals surface area contributed by atoms with E-state index in [1.54, 1.807) is 11.0 Å². The summed E-state index contributed by atoms with van der Waals surface area (Å²) in [4.78, 5) is 48.3. The Morgan fingerprint density at radius 2 is 1.60 bits per heavy atom. The van der Waals surface area contributed by atoms with Crippen molar-refractivity contribution in [2.75, 3.05) is 45.8 Å². The zero-order chi connectivity index (χ0) is 21.1. The van der Waals surface area contributed by atoms with Crippen molar-refractivity contribution >= 4 is 22.7 Å². The Bertz CT molecular complexity index is 996. The van der Waals surface area contributed by atoms with Crippen molar-refractivity contribution < 1.29 is 9.59 Å². The van der Waals surface area contributed by atoms with Crippen LogP contribution in [0.25, 0.3) is 10.9 Å². The van der Waals surface area contributed by atoms with E-state index in [1.165, 1.54) is 10.9 Å². The number of fused-ring (bicyclic) bond motifs is 1. The molecule has 8 nitrogen and oxygen atoms in total. The van der Waals surface area contributed by atoms with E-state index in [-0.39, 0.29) is 23.9 Å². The first-order valence-corrected chi connectivity index (χ1v) is 10.8. The molecule has 2 saturated heterocycles. The third-order valence-corrected chi connectivity index (χ3v) is 6.12. The van der Waals surface area contributed by atoms with Gasteiger partial charge in [-0.05, 0) is 37.8 Å². The molecule has 4 rings (SSSR count). The van der Waals surface area contributed by atoms with Gasteiger partial charge in [0.25, 0.3) is 5.56 Å². The van der Waals surface area contributed by atoms with E-state index in [4.69, 9.17) is 0 Å². The van der Waals surface area contributed by atoms with Crippen LogP contribution in [0, 0.1) is 6.92 Å². The van der Waals surface area contributed by atoms with Gasteiger partial charge < -0.3 is 9.80 Å². The van der Waals surface area contributed by atoms with Crippen molar-refractivity contribution in [3.8, 4) is 0 Å². The average molecular weight is 412 g/mol. The predicted molar refractivity (Wildman–Crippen MR) is 114 cm³/mol. The van der Waals surface area contributed by atoms with Crippen LogP contribution in [0.3, 0.4) is 0 Å². The number of hydrogen-bond donors (Lipinski definition) is 0. The fraction of sp³-hybridized carbons (Fsp3) is 0.545. The van der Waals surface area contributed by atoms with E-state index in [0.29, 0.717) is 37.1 Å². The van der Waals surface area contributed by atoms with E-state index in [2.05, 4.69) is 9.88 Å². The topological polar surface area (TPSA) is 78.8 Å². The number of aryl methyl sites for hydroxylation is 1. The van der Waals surface area contributed by atoms with Crippen LogP contribution in [0.5, 0.6) is 0 Å². The molecule has 0 atom stereocenters. The number of amides is 2. The van der Waals surface area contributed by atoms with Gasteiger partial charge in [0.15, 0.2) is 0 Å². The summed E-state index contributed by atoms with van der Waals surface area (Å²) in [7, 11) is 0. The molecule has 2 aromatic rings. The van der Waals surface area contributed by atoms with E-state index in [0.717, 1.165) is 44.5 Å².